The second-order valence-corrected chi connectivity index (χ2v) is 2.26. The van der Waals surface area contributed by atoms with E-state index in [9.17, 15) is 14.4 Å². The highest BCUT2D eigenvalue weighted by molar-refractivity contribution is 5.96. The molecule has 0 unspecified atom stereocenters. The molecule has 0 saturated heterocycles. The molecule has 0 rings (SSSR count). The Kier molecular flexibility index (Phi) is 6.26. The third-order valence-electron chi connectivity index (χ3n) is 1.01. The molecule has 0 radical (unpaired) electrons. The minimum absolute atomic E-state index is 0.744. The number of ether oxygens (including phenoxy) is 2. The Hall–Kier alpha value is -2.13. The van der Waals surface area contributed by atoms with Gasteiger partial charge in [-0.1, -0.05) is 5.73 Å². The molecule has 0 aromatic heterocycles. The minimum Gasteiger partial charge on any atom is -0.423 e. The first-order valence-corrected chi connectivity index (χ1v) is 4.03. The van der Waals surface area contributed by atoms with Gasteiger partial charge in [-0.25, -0.2) is 9.59 Å². The monoisotopic (exact) mass is 210 g/mol. The van der Waals surface area contributed by atoms with Gasteiger partial charge in [0.2, 0.25) is 0 Å². The summed E-state index contributed by atoms with van der Waals surface area (Å²) in [5, 5.41) is 0. The van der Waals surface area contributed by atoms with Gasteiger partial charge in [-0.05, 0) is 13.0 Å². The van der Waals surface area contributed by atoms with E-state index in [0.717, 1.165) is 25.3 Å². The lowest BCUT2D eigenvalue weighted by Gasteiger charge is -1.92. The van der Waals surface area contributed by atoms with E-state index in [1.807, 2.05) is 0 Å². The van der Waals surface area contributed by atoms with Gasteiger partial charge in [0.05, 0.1) is 0 Å². The molecular weight excluding hydrogens is 200 g/mol. The predicted octanol–water partition coefficient (Wildman–Crippen LogP) is 0.864. The summed E-state index contributed by atoms with van der Waals surface area (Å²) >= 11 is 0. The van der Waals surface area contributed by atoms with Crippen LogP contribution in [0.4, 0.5) is 0 Å². The Balaban J connectivity index is 4.06. The molecule has 0 aromatic carbocycles. The number of hydrogen-bond donors (Lipinski definition) is 0. The molecule has 0 heterocycles. The lowest BCUT2D eigenvalue weighted by Crippen LogP contribution is -2.06. The number of carbonyl (C=O) groups is 3. The first-order chi connectivity index (χ1) is 7.06. The maximum absolute atomic E-state index is 10.8. The van der Waals surface area contributed by atoms with Crippen LogP contribution in [-0.2, 0) is 23.9 Å². The number of esters is 3. The largest absolute Gasteiger partial charge is 0.423 e. The molecule has 0 amide bonds. The van der Waals surface area contributed by atoms with Crippen LogP contribution in [0.2, 0.25) is 0 Å². The second-order valence-electron chi connectivity index (χ2n) is 2.26. The SMILES string of the molecule is CC=C=COC(=O)C=CC(=O)OC(C)=O. The van der Waals surface area contributed by atoms with Gasteiger partial charge in [-0.2, -0.15) is 0 Å². The van der Waals surface area contributed by atoms with Gasteiger partial charge >= 0.3 is 17.9 Å². The minimum atomic E-state index is -0.922. The molecule has 0 atom stereocenters. The molecule has 0 aromatic rings. The molecule has 0 spiro atoms. The smallest absolute Gasteiger partial charge is 0.338 e. The molecule has 0 aliphatic heterocycles. The third kappa shape index (κ3) is 8.21. The Morgan fingerprint density at radius 3 is 2.27 bits per heavy atom. The van der Waals surface area contributed by atoms with Crippen LogP contribution >= 0.6 is 0 Å². The van der Waals surface area contributed by atoms with Crippen molar-refractivity contribution in [2.75, 3.05) is 0 Å². The van der Waals surface area contributed by atoms with Crippen LogP contribution in [0, 0.1) is 0 Å². The van der Waals surface area contributed by atoms with Crippen LogP contribution < -0.4 is 0 Å². The second kappa shape index (κ2) is 7.29. The van der Waals surface area contributed by atoms with Gasteiger partial charge in [-0.3, -0.25) is 4.79 Å². The van der Waals surface area contributed by atoms with Crippen molar-refractivity contribution in [1.29, 1.82) is 0 Å². The molecule has 80 valence electrons. The molecule has 15 heavy (non-hydrogen) atoms. The van der Waals surface area contributed by atoms with Gasteiger partial charge in [0.1, 0.15) is 6.26 Å². The van der Waals surface area contributed by atoms with E-state index in [-0.39, 0.29) is 0 Å². The molecule has 5 nitrogen and oxygen atoms in total. The van der Waals surface area contributed by atoms with Crippen LogP contribution in [0.15, 0.2) is 30.2 Å². The summed E-state index contributed by atoms with van der Waals surface area (Å²) in [7, 11) is 0. The van der Waals surface area contributed by atoms with Crippen LogP contribution in [-0.4, -0.2) is 17.9 Å². The maximum Gasteiger partial charge on any atom is 0.338 e. The zero-order chi connectivity index (χ0) is 11.7. The Morgan fingerprint density at radius 1 is 1.13 bits per heavy atom. The summed E-state index contributed by atoms with van der Waals surface area (Å²) in [6, 6.07) is 0. The quantitative estimate of drug-likeness (QED) is 0.227. The van der Waals surface area contributed by atoms with Crippen LogP contribution in [0.25, 0.3) is 0 Å². The number of hydrogen-bond acceptors (Lipinski definition) is 5. The average Bonchev–Trinajstić information content (AvgIpc) is 2.14. The fourth-order valence-corrected chi connectivity index (χ4v) is 0.511. The van der Waals surface area contributed by atoms with Gasteiger partial charge < -0.3 is 9.47 Å². The molecule has 0 aliphatic rings. The van der Waals surface area contributed by atoms with E-state index >= 15 is 0 Å². The zero-order valence-corrected chi connectivity index (χ0v) is 8.35. The Labute approximate surface area is 86.7 Å². The van der Waals surface area contributed by atoms with E-state index in [0.29, 0.717) is 0 Å². The van der Waals surface area contributed by atoms with Crippen molar-refractivity contribution in [1.82, 2.24) is 0 Å². The number of rotatable bonds is 3. The topological polar surface area (TPSA) is 69.7 Å². The van der Waals surface area contributed by atoms with Crippen molar-refractivity contribution in [2.24, 2.45) is 0 Å². The van der Waals surface area contributed by atoms with E-state index in [4.69, 9.17) is 0 Å². The molecule has 0 fully saturated rings. The molecular formula is C10H10O5. The summed E-state index contributed by atoms with van der Waals surface area (Å²) in [6.07, 6.45) is 4.23. The third-order valence-corrected chi connectivity index (χ3v) is 1.01. The zero-order valence-electron chi connectivity index (χ0n) is 8.35. The summed E-state index contributed by atoms with van der Waals surface area (Å²) in [6.45, 7) is 2.78. The molecule has 0 bridgehead atoms. The lowest BCUT2D eigenvalue weighted by atomic mass is 10.5. The highest BCUT2D eigenvalue weighted by atomic mass is 16.6. The van der Waals surface area contributed by atoms with Crippen molar-refractivity contribution in [3.8, 4) is 0 Å². The van der Waals surface area contributed by atoms with Crippen molar-refractivity contribution in [3.05, 3.63) is 30.2 Å². The van der Waals surface area contributed by atoms with E-state index in [2.05, 4.69) is 15.2 Å². The summed E-state index contributed by atoms with van der Waals surface area (Å²) in [4.78, 5) is 31.8. The molecule has 0 N–H and O–H groups in total. The molecule has 5 heteroatoms. The normalized spacial score (nSPS) is 8.93. The van der Waals surface area contributed by atoms with E-state index in [1.54, 1.807) is 13.0 Å². The fraction of sp³-hybridized carbons (Fsp3) is 0.200. The van der Waals surface area contributed by atoms with Crippen LogP contribution in [0.5, 0.6) is 0 Å². The fourth-order valence-electron chi connectivity index (χ4n) is 0.511. The van der Waals surface area contributed by atoms with Crippen LogP contribution in [0.1, 0.15) is 13.8 Å². The lowest BCUT2D eigenvalue weighted by molar-refractivity contribution is -0.154. The molecule has 0 saturated carbocycles. The van der Waals surface area contributed by atoms with Gasteiger partial charge in [0, 0.05) is 19.1 Å². The maximum atomic E-state index is 10.8. The predicted molar refractivity (Wildman–Crippen MR) is 50.3 cm³/mol. The first-order valence-electron chi connectivity index (χ1n) is 4.03. The van der Waals surface area contributed by atoms with Crippen molar-refractivity contribution >= 4 is 17.9 Å². The first kappa shape index (κ1) is 12.9. The molecule has 0 aliphatic carbocycles. The van der Waals surface area contributed by atoms with Crippen LogP contribution in [0.3, 0.4) is 0 Å². The standard InChI is InChI=1S/C10H10O5/c1-3-4-7-14-9(12)5-6-10(13)15-8(2)11/h3,5-7H,1-2H3. The highest BCUT2D eigenvalue weighted by Gasteiger charge is 2.02. The highest BCUT2D eigenvalue weighted by Crippen LogP contribution is 1.86. The average molecular weight is 210 g/mol. The van der Waals surface area contributed by atoms with Gasteiger partial charge in [0.15, 0.2) is 0 Å². The van der Waals surface area contributed by atoms with E-state index < -0.39 is 17.9 Å². The van der Waals surface area contributed by atoms with Crippen molar-refractivity contribution in [2.45, 2.75) is 13.8 Å². The van der Waals surface area contributed by atoms with E-state index in [1.165, 1.54) is 0 Å². The number of carbonyl (C=O) groups excluding carboxylic acids is 3. The Morgan fingerprint density at radius 2 is 1.73 bits per heavy atom. The summed E-state index contributed by atoms with van der Waals surface area (Å²) in [5.41, 5.74) is 2.50. The van der Waals surface area contributed by atoms with Crippen molar-refractivity contribution in [3.63, 3.8) is 0 Å². The Bertz CT molecular complexity index is 345. The number of allylic oxidation sites excluding steroid dienone is 1. The summed E-state index contributed by atoms with van der Waals surface area (Å²) in [5.74, 6) is -2.42. The van der Waals surface area contributed by atoms with Crippen molar-refractivity contribution < 1.29 is 23.9 Å². The van der Waals surface area contributed by atoms with Gasteiger partial charge in [0.25, 0.3) is 0 Å². The van der Waals surface area contributed by atoms with Gasteiger partial charge in [-0.15, -0.1) is 0 Å². The summed E-state index contributed by atoms with van der Waals surface area (Å²) < 4.78 is 8.57.